The van der Waals surface area contributed by atoms with Gasteiger partial charge in [-0.15, -0.1) is 13.2 Å². The maximum absolute atomic E-state index is 5.52. The molecule has 0 aliphatic rings. The predicted molar refractivity (Wildman–Crippen MR) is 90.6 cm³/mol. The van der Waals surface area contributed by atoms with Crippen LogP contribution < -0.4 is 10.1 Å². The van der Waals surface area contributed by atoms with Crippen molar-refractivity contribution in [3.8, 4) is 5.75 Å². The molecule has 1 aromatic rings. The van der Waals surface area contributed by atoms with E-state index in [9.17, 15) is 0 Å². The Hall–Kier alpha value is -1.58. The van der Waals surface area contributed by atoms with Gasteiger partial charge >= 0.3 is 0 Å². The minimum absolute atomic E-state index is 0.463. The third-order valence-electron chi connectivity index (χ3n) is 3.23. The second kappa shape index (κ2) is 9.37. The molecule has 0 aliphatic carbocycles. The first kappa shape index (κ1) is 17.5. The molecule has 3 heteroatoms. The average molecular weight is 288 g/mol. The molecule has 0 fully saturated rings. The van der Waals surface area contributed by atoms with Crippen LogP contribution in [-0.4, -0.2) is 31.1 Å². The zero-order chi connectivity index (χ0) is 15.7. The van der Waals surface area contributed by atoms with Crippen LogP contribution in [-0.2, 0) is 13.1 Å². The summed E-state index contributed by atoms with van der Waals surface area (Å²) in [6.45, 7) is 15.3. The van der Waals surface area contributed by atoms with Crippen molar-refractivity contribution in [2.75, 3.05) is 20.2 Å². The Labute approximate surface area is 129 Å². The van der Waals surface area contributed by atoms with Gasteiger partial charge in [0.2, 0.25) is 0 Å². The Morgan fingerprint density at radius 3 is 2.43 bits per heavy atom. The van der Waals surface area contributed by atoms with E-state index < -0.39 is 0 Å². The van der Waals surface area contributed by atoms with E-state index in [0.717, 1.165) is 31.9 Å². The number of hydrogen-bond acceptors (Lipinski definition) is 3. The van der Waals surface area contributed by atoms with Crippen LogP contribution in [0, 0.1) is 0 Å². The van der Waals surface area contributed by atoms with Crippen molar-refractivity contribution in [3.05, 3.63) is 54.6 Å². The van der Waals surface area contributed by atoms with Crippen LogP contribution in [0.15, 0.2) is 43.5 Å². The monoisotopic (exact) mass is 288 g/mol. The van der Waals surface area contributed by atoms with Gasteiger partial charge in [-0.25, -0.2) is 0 Å². The summed E-state index contributed by atoms with van der Waals surface area (Å²) in [6.07, 6.45) is 3.84. The van der Waals surface area contributed by atoms with Gasteiger partial charge in [-0.3, -0.25) is 4.90 Å². The lowest BCUT2D eigenvalue weighted by atomic mass is 10.1. The van der Waals surface area contributed by atoms with Gasteiger partial charge in [0.15, 0.2) is 0 Å². The molecule has 0 amide bonds. The van der Waals surface area contributed by atoms with Crippen molar-refractivity contribution in [1.82, 2.24) is 10.2 Å². The Kier molecular flexibility index (Phi) is 7.80. The largest absolute Gasteiger partial charge is 0.496 e. The normalized spacial score (nSPS) is 10.9. The number of benzene rings is 1. The lowest BCUT2D eigenvalue weighted by Gasteiger charge is -2.20. The summed E-state index contributed by atoms with van der Waals surface area (Å²) in [5.74, 6) is 0.942. The molecular formula is C18H28N2O. The van der Waals surface area contributed by atoms with Crippen molar-refractivity contribution >= 4 is 0 Å². The molecule has 1 rings (SSSR count). The van der Waals surface area contributed by atoms with Crippen LogP contribution in [0.4, 0.5) is 0 Å². The van der Waals surface area contributed by atoms with E-state index in [1.807, 2.05) is 12.2 Å². The van der Waals surface area contributed by atoms with Gasteiger partial charge in [0.05, 0.1) is 7.11 Å². The first-order chi connectivity index (χ1) is 10.1. The number of hydrogen-bond donors (Lipinski definition) is 1. The highest BCUT2D eigenvalue weighted by Crippen LogP contribution is 2.21. The summed E-state index contributed by atoms with van der Waals surface area (Å²) < 4.78 is 5.52. The number of ether oxygens (including phenoxy) is 1. The fourth-order valence-electron chi connectivity index (χ4n) is 2.17. The summed E-state index contributed by atoms with van der Waals surface area (Å²) in [6, 6.07) is 6.89. The van der Waals surface area contributed by atoms with E-state index in [4.69, 9.17) is 4.74 Å². The minimum Gasteiger partial charge on any atom is -0.496 e. The zero-order valence-corrected chi connectivity index (χ0v) is 13.6. The quantitative estimate of drug-likeness (QED) is 0.668. The summed E-state index contributed by atoms with van der Waals surface area (Å²) in [4.78, 5) is 2.28. The highest BCUT2D eigenvalue weighted by molar-refractivity contribution is 5.37. The number of rotatable bonds is 10. The lowest BCUT2D eigenvalue weighted by molar-refractivity contribution is 0.326. The van der Waals surface area contributed by atoms with E-state index in [1.165, 1.54) is 11.1 Å². The highest BCUT2D eigenvalue weighted by atomic mass is 16.5. The molecule has 21 heavy (non-hydrogen) atoms. The van der Waals surface area contributed by atoms with Crippen LogP contribution in [0.25, 0.3) is 0 Å². The number of nitrogens with zero attached hydrogens (tertiary/aromatic N) is 1. The molecule has 0 bridgehead atoms. The second-order valence-corrected chi connectivity index (χ2v) is 5.45. The standard InChI is InChI=1S/C18H28N2O/c1-6-10-20(11-7-2)14-16-8-9-17(13-19-15(3)4)18(12-16)21-5/h6-9,12,15,19H,1-2,10-11,13-14H2,3-5H3. The van der Waals surface area contributed by atoms with Crippen LogP contribution in [0.2, 0.25) is 0 Å². The summed E-state index contributed by atoms with van der Waals surface area (Å²) >= 11 is 0. The Morgan fingerprint density at radius 2 is 1.90 bits per heavy atom. The van der Waals surface area contributed by atoms with E-state index in [0.29, 0.717) is 6.04 Å². The molecule has 0 saturated heterocycles. The van der Waals surface area contributed by atoms with Crippen LogP contribution in [0.5, 0.6) is 5.75 Å². The van der Waals surface area contributed by atoms with Gasteiger partial charge in [-0.1, -0.05) is 38.1 Å². The molecule has 0 unspecified atom stereocenters. The van der Waals surface area contributed by atoms with Crippen molar-refractivity contribution in [2.24, 2.45) is 0 Å². The first-order valence-corrected chi connectivity index (χ1v) is 7.44. The average Bonchev–Trinajstić information content (AvgIpc) is 2.46. The number of methoxy groups -OCH3 is 1. The van der Waals surface area contributed by atoms with Gasteiger partial charge in [-0.05, 0) is 11.6 Å². The van der Waals surface area contributed by atoms with Crippen LogP contribution in [0.1, 0.15) is 25.0 Å². The highest BCUT2D eigenvalue weighted by Gasteiger charge is 2.08. The fraction of sp³-hybridized carbons (Fsp3) is 0.444. The van der Waals surface area contributed by atoms with Gasteiger partial charge in [-0.2, -0.15) is 0 Å². The Bertz CT molecular complexity index is 445. The summed E-state index contributed by atoms with van der Waals surface area (Å²) in [7, 11) is 1.73. The molecule has 1 aromatic carbocycles. The Morgan fingerprint density at radius 1 is 1.24 bits per heavy atom. The van der Waals surface area contributed by atoms with Gasteiger partial charge in [0.1, 0.15) is 5.75 Å². The van der Waals surface area contributed by atoms with Crippen LogP contribution >= 0.6 is 0 Å². The SMILES string of the molecule is C=CCN(CC=C)Cc1ccc(CNC(C)C)c(OC)c1. The van der Waals surface area contributed by atoms with Gasteiger partial charge in [0, 0.05) is 37.8 Å². The summed E-state index contributed by atoms with van der Waals surface area (Å²) in [5, 5.41) is 3.42. The first-order valence-electron chi connectivity index (χ1n) is 7.44. The third-order valence-corrected chi connectivity index (χ3v) is 3.23. The topological polar surface area (TPSA) is 24.5 Å². The van der Waals surface area contributed by atoms with Gasteiger partial charge in [0.25, 0.3) is 0 Å². The Balaban J connectivity index is 2.80. The summed E-state index contributed by atoms with van der Waals surface area (Å²) in [5.41, 5.74) is 2.43. The van der Waals surface area contributed by atoms with Crippen molar-refractivity contribution in [3.63, 3.8) is 0 Å². The minimum atomic E-state index is 0.463. The molecule has 0 saturated carbocycles. The predicted octanol–water partition coefficient (Wildman–Crippen LogP) is 3.37. The van der Waals surface area contributed by atoms with E-state index in [-0.39, 0.29) is 0 Å². The smallest absolute Gasteiger partial charge is 0.123 e. The molecule has 0 aromatic heterocycles. The fourth-order valence-corrected chi connectivity index (χ4v) is 2.17. The second-order valence-electron chi connectivity index (χ2n) is 5.45. The maximum atomic E-state index is 5.52. The third kappa shape index (κ3) is 6.15. The molecule has 0 spiro atoms. The molecule has 1 N–H and O–H groups in total. The molecule has 0 aliphatic heterocycles. The molecule has 116 valence electrons. The van der Waals surface area contributed by atoms with Crippen LogP contribution in [0.3, 0.4) is 0 Å². The maximum Gasteiger partial charge on any atom is 0.123 e. The molecule has 0 heterocycles. The molecule has 0 atom stereocenters. The molecular weight excluding hydrogens is 260 g/mol. The van der Waals surface area contributed by atoms with Crippen molar-refractivity contribution < 1.29 is 4.74 Å². The zero-order valence-electron chi connectivity index (χ0n) is 13.6. The molecule has 0 radical (unpaired) electrons. The number of nitrogens with one attached hydrogen (secondary N) is 1. The van der Waals surface area contributed by atoms with Crippen molar-refractivity contribution in [1.29, 1.82) is 0 Å². The van der Waals surface area contributed by atoms with Crippen molar-refractivity contribution in [2.45, 2.75) is 33.0 Å². The van der Waals surface area contributed by atoms with E-state index in [1.54, 1.807) is 7.11 Å². The van der Waals surface area contributed by atoms with Gasteiger partial charge < -0.3 is 10.1 Å². The van der Waals surface area contributed by atoms with E-state index >= 15 is 0 Å². The molecule has 3 nitrogen and oxygen atoms in total. The lowest BCUT2D eigenvalue weighted by Crippen LogP contribution is -2.24. The van der Waals surface area contributed by atoms with E-state index in [2.05, 4.69) is 55.4 Å².